The molecule has 178 valence electrons. The Morgan fingerprint density at radius 3 is 1.61 bits per heavy atom. The van der Waals surface area contributed by atoms with Gasteiger partial charge >= 0.3 is 23.9 Å². The standard InChI is InChI=1S/C11H20O2.C5H8O2.C4H6O2.C3H4O2/c1-4-7-8-10(5-2)9-13-11(12)6-3;1-3-5(6)7-4-2;1-3-6-4(2)5;1-2-3(4)5/h6,10H,3-5,7-9H2,1-2H3;3H,1,4H2,2H3;3H,1H2,2H3;2H,1H2,(H,4,5). The molecule has 0 aromatic carbocycles. The molecular weight excluding hydrogens is 404 g/mol. The Kier molecular flexibility index (Phi) is 33.1. The maximum atomic E-state index is 10.8. The van der Waals surface area contributed by atoms with Gasteiger partial charge in [0.1, 0.15) is 0 Å². The normalized spacial score (nSPS) is 9.16. The van der Waals surface area contributed by atoms with Crippen molar-refractivity contribution in [2.24, 2.45) is 5.92 Å². The van der Waals surface area contributed by atoms with E-state index in [-0.39, 0.29) is 17.9 Å². The zero-order valence-electron chi connectivity index (χ0n) is 19.3. The first kappa shape index (κ1) is 35.3. The van der Waals surface area contributed by atoms with E-state index in [1.807, 2.05) is 0 Å². The minimum Gasteiger partial charge on any atom is -0.478 e. The fourth-order valence-electron chi connectivity index (χ4n) is 1.48. The van der Waals surface area contributed by atoms with Crippen LogP contribution in [0.5, 0.6) is 0 Å². The quantitative estimate of drug-likeness (QED) is 0.213. The van der Waals surface area contributed by atoms with Gasteiger partial charge in [0.25, 0.3) is 0 Å². The molecule has 0 saturated heterocycles. The molecule has 0 amide bonds. The number of hydrogen-bond donors (Lipinski definition) is 1. The second-order valence-corrected chi connectivity index (χ2v) is 5.53. The van der Waals surface area contributed by atoms with Crippen LogP contribution < -0.4 is 0 Å². The van der Waals surface area contributed by atoms with Gasteiger partial charge in [-0.25, -0.2) is 14.4 Å². The highest BCUT2D eigenvalue weighted by Crippen LogP contribution is 2.12. The van der Waals surface area contributed by atoms with Crippen LogP contribution in [-0.4, -0.2) is 42.2 Å². The largest absolute Gasteiger partial charge is 0.478 e. The monoisotopic (exact) mass is 442 g/mol. The predicted molar refractivity (Wildman–Crippen MR) is 121 cm³/mol. The Morgan fingerprint density at radius 1 is 0.903 bits per heavy atom. The number of carbonyl (C=O) groups is 4. The summed E-state index contributed by atoms with van der Waals surface area (Å²) < 4.78 is 13.6. The average Bonchev–Trinajstić information content (AvgIpc) is 2.74. The molecule has 8 heteroatoms. The Bertz CT molecular complexity index is 538. The Hall–Kier alpha value is -3.16. The first-order valence-corrected chi connectivity index (χ1v) is 9.81. The molecular formula is C23H38O8. The minimum atomic E-state index is -0.981. The van der Waals surface area contributed by atoms with Crippen LogP contribution in [0.1, 0.15) is 53.4 Å². The lowest BCUT2D eigenvalue weighted by Gasteiger charge is -2.13. The van der Waals surface area contributed by atoms with E-state index < -0.39 is 5.97 Å². The molecule has 0 aliphatic rings. The van der Waals surface area contributed by atoms with Crippen molar-refractivity contribution in [1.82, 2.24) is 0 Å². The van der Waals surface area contributed by atoms with Crippen molar-refractivity contribution in [1.29, 1.82) is 0 Å². The lowest BCUT2D eigenvalue weighted by Crippen LogP contribution is -2.12. The van der Waals surface area contributed by atoms with Crippen molar-refractivity contribution in [3.63, 3.8) is 0 Å². The molecule has 0 spiro atoms. The van der Waals surface area contributed by atoms with E-state index in [1.165, 1.54) is 25.8 Å². The Morgan fingerprint density at radius 2 is 1.39 bits per heavy atom. The molecule has 0 aromatic rings. The van der Waals surface area contributed by atoms with Crippen LogP contribution in [0.25, 0.3) is 0 Å². The van der Waals surface area contributed by atoms with Crippen LogP contribution >= 0.6 is 0 Å². The molecule has 0 saturated carbocycles. The molecule has 0 rings (SSSR count). The van der Waals surface area contributed by atoms with Gasteiger partial charge in [-0.05, 0) is 19.3 Å². The number of carbonyl (C=O) groups excluding carboxylic acids is 3. The number of unbranched alkanes of at least 4 members (excludes halogenated alkanes) is 1. The zero-order chi connectivity index (χ0) is 25.1. The Labute approximate surface area is 186 Å². The summed E-state index contributed by atoms with van der Waals surface area (Å²) in [5.74, 6) is -1.46. The summed E-state index contributed by atoms with van der Waals surface area (Å²) in [5.41, 5.74) is 0. The van der Waals surface area contributed by atoms with Gasteiger partial charge in [0.2, 0.25) is 0 Å². The second kappa shape index (κ2) is 29.0. The number of carboxylic acid groups (broad SMARTS) is 1. The van der Waals surface area contributed by atoms with Gasteiger partial charge in [-0.3, -0.25) is 4.79 Å². The van der Waals surface area contributed by atoms with Crippen LogP contribution in [0.4, 0.5) is 0 Å². The predicted octanol–water partition coefficient (Wildman–Crippen LogP) is 4.62. The van der Waals surface area contributed by atoms with Gasteiger partial charge in [0, 0.05) is 25.2 Å². The van der Waals surface area contributed by atoms with Crippen LogP contribution in [0.15, 0.2) is 50.8 Å². The van der Waals surface area contributed by atoms with Gasteiger partial charge in [-0.15, -0.1) is 0 Å². The van der Waals surface area contributed by atoms with Gasteiger partial charge in [-0.1, -0.05) is 59.4 Å². The van der Waals surface area contributed by atoms with E-state index in [2.05, 4.69) is 49.6 Å². The smallest absolute Gasteiger partial charge is 0.330 e. The molecule has 8 nitrogen and oxygen atoms in total. The second-order valence-electron chi connectivity index (χ2n) is 5.53. The molecule has 0 radical (unpaired) electrons. The molecule has 0 heterocycles. The number of aliphatic carboxylic acids is 1. The van der Waals surface area contributed by atoms with Crippen molar-refractivity contribution in [2.75, 3.05) is 13.2 Å². The van der Waals surface area contributed by atoms with Gasteiger partial charge in [-0.2, -0.15) is 0 Å². The van der Waals surface area contributed by atoms with E-state index in [9.17, 15) is 19.2 Å². The van der Waals surface area contributed by atoms with Gasteiger partial charge in [0.15, 0.2) is 0 Å². The highest BCUT2D eigenvalue weighted by molar-refractivity contribution is 5.81. The molecule has 0 fully saturated rings. The number of ether oxygens (including phenoxy) is 3. The maximum Gasteiger partial charge on any atom is 0.330 e. The third-order valence-electron chi connectivity index (χ3n) is 3.05. The van der Waals surface area contributed by atoms with E-state index in [1.54, 1.807) is 6.92 Å². The number of carboxylic acids is 1. The van der Waals surface area contributed by atoms with Crippen molar-refractivity contribution in [3.05, 3.63) is 50.8 Å². The summed E-state index contributed by atoms with van der Waals surface area (Å²) in [6.07, 6.45) is 8.93. The topological polar surface area (TPSA) is 116 Å². The van der Waals surface area contributed by atoms with Crippen LogP contribution in [0, 0.1) is 5.92 Å². The summed E-state index contributed by atoms with van der Waals surface area (Å²) in [7, 11) is 0. The van der Waals surface area contributed by atoms with Gasteiger partial charge < -0.3 is 19.3 Å². The van der Waals surface area contributed by atoms with Crippen LogP contribution in [0.3, 0.4) is 0 Å². The summed E-state index contributed by atoms with van der Waals surface area (Å²) in [5, 5.41) is 7.60. The summed E-state index contributed by atoms with van der Waals surface area (Å²) in [4.78, 5) is 39.8. The van der Waals surface area contributed by atoms with E-state index in [0.29, 0.717) is 19.1 Å². The van der Waals surface area contributed by atoms with Crippen LogP contribution in [0.2, 0.25) is 0 Å². The first-order valence-electron chi connectivity index (χ1n) is 9.81. The molecule has 0 aliphatic carbocycles. The highest BCUT2D eigenvalue weighted by Gasteiger charge is 2.07. The SMILES string of the molecule is C=CC(=O)O.C=CC(=O)OCC.C=CC(=O)OCC(CC)CCCC.C=COC(C)=O. The molecule has 1 atom stereocenters. The summed E-state index contributed by atoms with van der Waals surface area (Å²) in [6.45, 7) is 21.0. The number of hydrogen-bond acceptors (Lipinski definition) is 7. The molecule has 1 unspecified atom stereocenters. The van der Waals surface area contributed by atoms with E-state index >= 15 is 0 Å². The first-order chi connectivity index (χ1) is 14.6. The van der Waals surface area contributed by atoms with Gasteiger partial charge in [0.05, 0.1) is 19.5 Å². The lowest BCUT2D eigenvalue weighted by molar-refractivity contribution is -0.139. The fraction of sp³-hybridized carbons (Fsp3) is 0.478. The van der Waals surface area contributed by atoms with Crippen molar-refractivity contribution >= 4 is 23.9 Å². The average molecular weight is 443 g/mol. The van der Waals surface area contributed by atoms with Crippen molar-refractivity contribution in [2.45, 2.75) is 53.4 Å². The third-order valence-corrected chi connectivity index (χ3v) is 3.05. The van der Waals surface area contributed by atoms with Crippen LogP contribution in [-0.2, 0) is 33.4 Å². The highest BCUT2D eigenvalue weighted by atomic mass is 16.5. The van der Waals surface area contributed by atoms with Crippen molar-refractivity contribution < 1.29 is 38.5 Å². The van der Waals surface area contributed by atoms with Crippen molar-refractivity contribution in [3.8, 4) is 0 Å². The molecule has 0 bridgehead atoms. The molecule has 0 aliphatic heterocycles. The fourth-order valence-corrected chi connectivity index (χ4v) is 1.48. The number of rotatable bonds is 11. The Balaban J connectivity index is -0.000000172. The third kappa shape index (κ3) is 42.1. The maximum absolute atomic E-state index is 10.8. The van der Waals surface area contributed by atoms with E-state index in [4.69, 9.17) is 9.84 Å². The van der Waals surface area contributed by atoms with E-state index in [0.717, 1.165) is 31.3 Å². The summed E-state index contributed by atoms with van der Waals surface area (Å²) >= 11 is 0. The molecule has 31 heavy (non-hydrogen) atoms. The molecule has 1 N–H and O–H groups in total. The zero-order valence-corrected chi connectivity index (χ0v) is 19.3. The summed E-state index contributed by atoms with van der Waals surface area (Å²) in [6, 6.07) is 0. The number of esters is 3. The molecule has 0 aromatic heterocycles. The lowest BCUT2D eigenvalue weighted by atomic mass is 10.0. The minimum absolute atomic E-state index is 0.310.